The monoisotopic (exact) mass is 256 g/mol. The Kier molecular flexibility index (Phi) is 3.83. The first-order valence-corrected chi connectivity index (χ1v) is 4.77. The quantitative estimate of drug-likeness (QED) is 0.472. The summed E-state index contributed by atoms with van der Waals surface area (Å²) >= 11 is 3.27. The van der Waals surface area contributed by atoms with Gasteiger partial charge in [-0.15, -0.1) is 0 Å². The summed E-state index contributed by atoms with van der Waals surface area (Å²) < 4.78 is 5.40. The van der Waals surface area contributed by atoms with Gasteiger partial charge >= 0.3 is 5.97 Å². The summed E-state index contributed by atoms with van der Waals surface area (Å²) in [5.41, 5.74) is 0.634. The van der Waals surface area contributed by atoms with Crippen molar-refractivity contribution in [3.8, 4) is 0 Å². The summed E-state index contributed by atoms with van der Waals surface area (Å²) in [5, 5.41) is 0. The fourth-order valence-corrected chi connectivity index (χ4v) is 1.33. The highest BCUT2D eigenvalue weighted by Crippen LogP contribution is 2.18. The predicted octanol–water partition coefficient (Wildman–Crippen LogP) is 1.90. The molecule has 0 aliphatic heterocycles. The number of ether oxygens (including phenoxy) is 1. The van der Waals surface area contributed by atoms with Crippen LogP contribution in [0.4, 0.5) is 0 Å². The van der Waals surface area contributed by atoms with Gasteiger partial charge in [0.25, 0.3) is 0 Å². The molecule has 0 fully saturated rings. The number of methoxy groups -OCH3 is 1. The van der Waals surface area contributed by atoms with Gasteiger partial charge < -0.3 is 9.53 Å². The van der Waals surface area contributed by atoms with Crippen molar-refractivity contribution in [3.63, 3.8) is 0 Å². The minimum atomic E-state index is -0.826. The van der Waals surface area contributed by atoms with Crippen LogP contribution in [-0.4, -0.2) is 19.4 Å². The number of rotatable bonds is 3. The zero-order chi connectivity index (χ0) is 10.6. The summed E-state index contributed by atoms with van der Waals surface area (Å²) in [6.45, 7) is 0. The Bertz CT molecular complexity index is 332. The average Bonchev–Trinajstić information content (AvgIpc) is 2.21. The smallest absolute Gasteiger partial charge is 0.320 e. The van der Waals surface area contributed by atoms with E-state index in [1.165, 1.54) is 7.11 Å². The number of benzene rings is 1. The number of hydrogen-bond donors (Lipinski definition) is 0. The molecule has 1 rings (SSSR count). The Morgan fingerprint density at radius 2 is 2.00 bits per heavy atom. The number of carbonyl (C=O) groups is 2. The molecule has 3 nitrogen and oxygen atoms in total. The predicted molar refractivity (Wildman–Crippen MR) is 55.0 cm³/mol. The summed E-state index contributed by atoms with van der Waals surface area (Å²) in [7, 11) is 1.26. The molecule has 4 heteroatoms. The van der Waals surface area contributed by atoms with Crippen LogP contribution in [0.25, 0.3) is 0 Å². The van der Waals surface area contributed by atoms with Crippen molar-refractivity contribution < 1.29 is 14.3 Å². The molecule has 0 heterocycles. The summed E-state index contributed by atoms with van der Waals surface area (Å²) in [6, 6.07) is 6.96. The molecule has 1 atom stereocenters. The molecule has 1 unspecified atom stereocenters. The van der Waals surface area contributed by atoms with Crippen molar-refractivity contribution in [1.82, 2.24) is 0 Å². The van der Waals surface area contributed by atoms with Crippen molar-refractivity contribution in [2.75, 3.05) is 7.11 Å². The molecule has 0 saturated heterocycles. The van der Waals surface area contributed by atoms with Crippen molar-refractivity contribution in [2.45, 2.75) is 5.92 Å². The van der Waals surface area contributed by atoms with Crippen LogP contribution in [0, 0.1) is 0 Å². The lowest BCUT2D eigenvalue weighted by Gasteiger charge is -2.07. The Labute approximate surface area is 90.2 Å². The SMILES string of the molecule is COC(=O)C(C=O)c1ccc(Br)cc1. The van der Waals surface area contributed by atoms with E-state index in [1.54, 1.807) is 24.3 Å². The number of carbonyl (C=O) groups excluding carboxylic acids is 2. The van der Waals surface area contributed by atoms with Gasteiger partial charge in [0.2, 0.25) is 0 Å². The van der Waals surface area contributed by atoms with Gasteiger partial charge in [0.15, 0.2) is 0 Å². The zero-order valence-electron chi connectivity index (χ0n) is 7.57. The topological polar surface area (TPSA) is 43.4 Å². The van der Waals surface area contributed by atoms with Gasteiger partial charge in [0, 0.05) is 4.47 Å². The fraction of sp³-hybridized carbons (Fsp3) is 0.200. The largest absolute Gasteiger partial charge is 0.468 e. The van der Waals surface area contributed by atoms with Gasteiger partial charge in [-0.25, -0.2) is 0 Å². The van der Waals surface area contributed by atoms with Gasteiger partial charge in [-0.05, 0) is 17.7 Å². The van der Waals surface area contributed by atoms with E-state index in [0.717, 1.165) is 4.47 Å². The molecule has 1 aromatic carbocycles. The molecule has 0 radical (unpaired) electrons. The van der Waals surface area contributed by atoms with E-state index in [2.05, 4.69) is 20.7 Å². The van der Waals surface area contributed by atoms with Crippen molar-refractivity contribution in [3.05, 3.63) is 34.3 Å². The molecule has 0 aromatic heterocycles. The fourth-order valence-electron chi connectivity index (χ4n) is 1.07. The highest BCUT2D eigenvalue weighted by Gasteiger charge is 2.19. The van der Waals surface area contributed by atoms with Crippen LogP contribution in [0.15, 0.2) is 28.7 Å². The number of aldehydes is 1. The third kappa shape index (κ3) is 2.42. The third-order valence-corrected chi connectivity index (χ3v) is 2.35. The van der Waals surface area contributed by atoms with Gasteiger partial charge in [-0.1, -0.05) is 28.1 Å². The highest BCUT2D eigenvalue weighted by molar-refractivity contribution is 9.10. The Balaban J connectivity index is 2.95. The van der Waals surface area contributed by atoms with Crippen LogP contribution in [0.5, 0.6) is 0 Å². The first kappa shape index (κ1) is 10.9. The van der Waals surface area contributed by atoms with Crippen molar-refractivity contribution in [1.29, 1.82) is 0 Å². The minimum Gasteiger partial charge on any atom is -0.468 e. The van der Waals surface area contributed by atoms with Crippen LogP contribution in [0.1, 0.15) is 11.5 Å². The first-order valence-electron chi connectivity index (χ1n) is 3.97. The van der Waals surface area contributed by atoms with E-state index in [4.69, 9.17) is 0 Å². The lowest BCUT2D eigenvalue weighted by Crippen LogP contribution is -2.15. The Morgan fingerprint density at radius 1 is 1.43 bits per heavy atom. The second kappa shape index (κ2) is 4.91. The molecule has 1 aromatic rings. The maximum atomic E-state index is 11.2. The maximum absolute atomic E-state index is 11.2. The van der Waals surface area contributed by atoms with Crippen molar-refractivity contribution in [2.24, 2.45) is 0 Å². The molecular formula is C10H9BrO3. The molecule has 74 valence electrons. The van der Waals surface area contributed by atoms with Gasteiger partial charge in [-0.3, -0.25) is 4.79 Å². The van der Waals surface area contributed by atoms with Crippen molar-refractivity contribution >= 4 is 28.2 Å². The number of esters is 1. The molecule has 0 amide bonds. The van der Waals surface area contributed by atoms with Crippen LogP contribution in [-0.2, 0) is 14.3 Å². The van der Waals surface area contributed by atoms with E-state index < -0.39 is 11.9 Å². The lowest BCUT2D eigenvalue weighted by atomic mass is 10.0. The van der Waals surface area contributed by atoms with Gasteiger partial charge in [0.1, 0.15) is 12.2 Å². The van der Waals surface area contributed by atoms with E-state index in [9.17, 15) is 9.59 Å². The highest BCUT2D eigenvalue weighted by atomic mass is 79.9. The van der Waals surface area contributed by atoms with Crippen LogP contribution in [0.2, 0.25) is 0 Å². The Hall–Kier alpha value is -1.16. The summed E-state index contributed by atoms with van der Waals surface area (Å²) in [4.78, 5) is 21.8. The second-order valence-corrected chi connectivity index (χ2v) is 3.60. The molecule has 0 aliphatic carbocycles. The number of hydrogen-bond acceptors (Lipinski definition) is 3. The molecule has 0 saturated carbocycles. The second-order valence-electron chi connectivity index (χ2n) is 2.69. The molecule has 0 aliphatic rings. The molecule has 0 spiro atoms. The van der Waals surface area contributed by atoms with E-state index in [-0.39, 0.29) is 0 Å². The number of halogens is 1. The molecule has 0 bridgehead atoms. The third-order valence-electron chi connectivity index (χ3n) is 1.82. The molecular weight excluding hydrogens is 248 g/mol. The normalized spacial score (nSPS) is 11.9. The molecule has 0 N–H and O–H groups in total. The zero-order valence-corrected chi connectivity index (χ0v) is 9.15. The van der Waals surface area contributed by atoms with Crippen LogP contribution >= 0.6 is 15.9 Å². The summed E-state index contributed by atoms with van der Waals surface area (Å²) in [5.74, 6) is -1.37. The minimum absolute atomic E-state index is 0.540. The van der Waals surface area contributed by atoms with E-state index in [1.807, 2.05) is 0 Å². The molecule has 14 heavy (non-hydrogen) atoms. The first-order chi connectivity index (χ1) is 6.69. The van der Waals surface area contributed by atoms with E-state index >= 15 is 0 Å². The van der Waals surface area contributed by atoms with Crippen LogP contribution in [0.3, 0.4) is 0 Å². The lowest BCUT2D eigenvalue weighted by molar-refractivity contribution is -0.143. The standard InChI is InChI=1S/C10H9BrO3/c1-14-10(13)9(6-12)7-2-4-8(11)5-3-7/h2-6,9H,1H3. The summed E-state index contributed by atoms with van der Waals surface area (Å²) in [6.07, 6.45) is 0.578. The van der Waals surface area contributed by atoms with Gasteiger partial charge in [0.05, 0.1) is 7.11 Å². The van der Waals surface area contributed by atoms with Gasteiger partial charge in [-0.2, -0.15) is 0 Å². The van der Waals surface area contributed by atoms with E-state index in [0.29, 0.717) is 11.8 Å². The maximum Gasteiger partial charge on any atom is 0.320 e. The van der Waals surface area contributed by atoms with Crippen LogP contribution < -0.4 is 0 Å². The Morgan fingerprint density at radius 3 is 2.43 bits per heavy atom. The average molecular weight is 257 g/mol.